The summed E-state index contributed by atoms with van der Waals surface area (Å²) in [6.07, 6.45) is 3.86. The van der Waals surface area contributed by atoms with Gasteiger partial charge in [0.15, 0.2) is 0 Å². The van der Waals surface area contributed by atoms with Crippen molar-refractivity contribution < 1.29 is 14.6 Å². The molecule has 5 aromatic rings. The molecule has 0 aliphatic rings. The van der Waals surface area contributed by atoms with E-state index in [0.29, 0.717) is 41.3 Å². The monoisotopic (exact) mass is 469 g/mol. The Bertz CT molecular complexity index is 1520. The Balaban J connectivity index is 1.39. The fourth-order valence-electron chi connectivity index (χ4n) is 3.86. The van der Waals surface area contributed by atoms with Crippen LogP contribution < -0.4 is 10.1 Å². The molecule has 0 radical (unpaired) electrons. The van der Waals surface area contributed by atoms with Crippen LogP contribution in [0.15, 0.2) is 61.1 Å². The summed E-state index contributed by atoms with van der Waals surface area (Å²) in [7, 11) is 3.43. The molecular formula is C25H23N7O3. The molecule has 0 atom stereocenters. The molecular weight excluding hydrogens is 446 g/mol. The van der Waals surface area contributed by atoms with E-state index in [1.165, 1.54) is 0 Å². The zero-order chi connectivity index (χ0) is 24.4. The lowest BCUT2D eigenvalue weighted by atomic mass is 10.0. The number of aromatic hydroxyl groups is 1. The van der Waals surface area contributed by atoms with Crippen molar-refractivity contribution in [2.24, 2.45) is 7.05 Å². The number of pyridine rings is 1. The molecule has 0 aliphatic carbocycles. The number of rotatable bonds is 7. The number of phenols is 1. The van der Waals surface area contributed by atoms with Crippen LogP contribution in [0.25, 0.3) is 33.5 Å². The Labute approximate surface area is 200 Å². The summed E-state index contributed by atoms with van der Waals surface area (Å²) in [5.41, 5.74) is 4.01. The Morgan fingerprint density at radius 3 is 2.86 bits per heavy atom. The summed E-state index contributed by atoms with van der Waals surface area (Å²) in [5.74, 6) is 1.65. The number of aromatic amines is 1. The predicted octanol–water partition coefficient (Wildman–Crippen LogP) is 3.11. The molecule has 0 saturated heterocycles. The van der Waals surface area contributed by atoms with Crippen LogP contribution in [0.4, 0.5) is 0 Å². The Morgan fingerprint density at radius 2 is 2.06 bits per heavy atom. The maximum Gasteiger partial charge on any atom is 0.251 e. The fraction of sp³-hybridized carbons (Fsp3) is 0.160. The summed E-state index contributed by atoms with van der Waals surface area (Å²) in [6.45, 7) is 0.438. The lowest BCUT2D eigenvalue weighted by Gasteiger charge is -2.09. The summed E-state index contributed by atoms with van der Waals surface area (Å²) in [4.78, 5) is 24.7. The second-order valence-corrected chi connectivity index (χ2v) is 7.97. The van der Waals surface area contributed by atoms with Crippen LogP contribution in [-0.4, -0.2) is 54.4 Å². The van der Waals surface area contributed by atoms with Crippen molar-refractivity contribution in [2.75, 3.05) is 13.7 Å². The van der Waals surface area contributed by atoms with Crippen LogP contribution in [0, 0.1) is 0 Å². The van der Waals surface area contributed by atoms with E-state index in [1.54, 1.807) is 50.0 Å². The molecule has 0 bridgehead atoms. The van der Waals surface area contributed by atoms with Crippen LogP contribution in [0.3, 0.4) is 0 Å². The highest BCUT2D eigenvalue weighted by atomic mass is 16.5. The van der Waals surface area contributed by atoms with Gasteiger partial charge in [0.1, 0.15) is 23.7 Å². The lowest BCUT2D eigenvalue weighted by molar-refractivity contribution is 0.0954. The third kappa shape index (κ3) is 4.41. The Morgan fingerprint density at radius 1 is 1.17 bits per heavy atom. The third-order valence-corrected chi connectivity index (χ3v) is 5.71. The highest BCUT2D eigenvalue weighted by Crippen LogP contribution is 2.35. The number of hydrogen-bond acceptors (Lipinski definition) is 7. The molecule has 35 heavy (non-hydrogen) atoms. The molecule has 3 heterocycles. The molecule has 2 aromatic carbocycles. The zero-order valence-corrected chi connectivity index (χ0v) is 19.2. The normalized spacial score (nSPS) is 11.0. The van der Waals surface area contributed by atoms with Gasteiger partial charge >= 0.3 is 0 Å². The quantitative estimate of drug-likeness (QED) is 0.334. The van der Waals surface area contributed by atoms with Gasteiger partial charge in [-0.3, -0.25) is 4.79 Å². The van der Waals surface area contributed by atoms with Crippen molar-refractivity contribution in [2.45, 2.75) is 6.42 Å². The van der Waals surface area contributed by atoms with E-state index in [4.69, 9.17) is 4.74 Å². The minimum atomic E-state index is -0.202. The van der Waals surface area contributed by atoms with Crippen molar-refractivity contribution in [1.29, 1.82) is 0 Å². The van der Waals surface area contributed by atoms with Gasteiger partial charge in [-0.05, 0) is 48.0 Å². The number of nitrogens with zero attached hydrogens (tertiary/aromatic N) is 5. The third-order valence-electron chi connectivity index (χ3n) is 5.71. The van der Waals surface area contributed by atoms with E-state index in [9.17, 15) is 9.90 Å². The first-order chi connectivity index (χ1) is 17.0. The number of ether oxygens (including phenoxy) is 1. The molecule has 3 N–H and O–H groups in total. The summed E-state index contributed by atoms with van der Waals surface area (Å²) < 4.78 is 7.19. The van der Waals surface area contributed by atoms with Crippen molar-refractivity contribution in [3.05, 3.63) is 72.4 Å². The number of aryl methyl sites for hydroxylation is 1. The average Bonchev–Trinajstić information content (AvgIpc) is 3.49. The summed E-state index contributed by atoms with van der Waals surface area (Å²) in [5, 5.41) is 21.3. The van der Waals surface area contributed by atoms with E-state index < -0.39 is 0 Å². The van der Waals surface area contributed by atoms with E-state index in [-0.39, 0.29) is 11.7 Å². The Hall–Kier alpha value is -4.73. The molecule has 5 rings (SSSR count). The smallest absolute Gasteiger partial charge is 0.251 e. The molecule has 0 fully saturated rings. The molecule has 0 saturated carbocycles. The van der Waals surface area contributed by atoms with Crippen LogP contribution in [0.1, 0.15) is 16.2 Å². The molecule has 0 unspecified atom stereocenters. The van der Waals surface area contributed by atoms with Gasteiger partial charge in [0, 0.05) is 37.3 Å². The fourth-order valence-corrected chi connectivity index (χ4v) is 3.86. The predicted molar refractivity (Wildman–Crippen MR) is 130 cm³/mol. The van der Waals surface area contributed by atoms with Crippen LogP contribution in [0.2, 0.25) is 0 Å². The number of aromatic nitrogens is 6. The second kappa shape index (κ2) is 9.26. The van der Waals surface area contributed by atoms with Crippen LogP contribution in [0.5, 0.6) is 11.6 Å². The number of phenolic OH excluding ortho intramolecular Hbond substituents is 1. The van der Waals surface area contributed by atoms with Crippen molar-refractivity contribution in [3.8, 4) is 34.1 Å². The zero-order valence-electron chi connectivity index (χ0n) is 19.2. The number of carbonyl (C=O) groups is 1. The van der Waals surface area contributed by atoms with E-state index >= 15 is 0 Å². The van der Waals surface area contributed by atoms with Crippen molar-refractivity contribution >= 4 is 16.9 Å². The van der Waals surface area contributed by atoms with Crippen molar-refractivity contribution in [1.82, 2.24) is 35.0 Å². The SMILES string of the molecule is COc1ncccc1-c1ccc(O)c(-c2nc3cc(C(=O)NCCc4nncn4C)ccc3[nH]2)c1. The van der Waals surface area contributed by atoms with Gasteiger partial charge in [0.05, 0.1) is 23.7 Å². The minimum absolute atomic E-state index is 0.0809. The van der Waals surface area contributed by atoms with Gasteiger partial charge in [0.25, 0.3) is 5.91 Å². The number of H-pyrrole nitrogens is 1. The molecule has 0 spiro atoms. The number of carbonyl (C=O) groups excluding carboxylic acids is 1. The van der Waals surface area contributed by atoms with Gasteiger partial charge in [0.2, 0.25) is 5.88 Å². The number of methoxy groups -OCH3 is 1. The summed E-state index contributed by atoms with van der Waals surface area (Å²) in [6, 6.07) is 14.2. The van der Waals surface area contributed by atoms with Gasteiger partial charge < -0.3 is 24.7 Å². The first-order valence-corrected chi connectivity index (χ1v) is 11.0. The standard InChI is InChI=1S/C25H23N7O3/c1-32-14-28-31-22(32)9-11-26-24(34)16-5-7-19-20(13-16)30-23(29-19)18-12-15(6-8-21(18)33)17-4-3-10-27-25(17)35-2/h3-8,10,12-14,33H,9,11H2,1-2H3,(H,26,34)(H,29,30). The minimum Gasteiger partial charge on any atom is -0.507 e. The van der Waals surface area contributed by atoms with Gasteiger partial charge in [-0.15, -0.1) is 10.2 Å². The molecule has 0 aliphatic heterocycles. The highest BCUT2D eigenvalue weighted by Gasteiger charge is 2.15. The van der Waals surface area contributed by atoms with Crippen LogP contribution >= 0.6 is 0 Å². The summed E-state index contributed by atoms with van der Waals surface area (Å²) >= 11 is 0. The number of benzene rings is 2. The maximum absolute atomic E-state index is 12.6. The van der Waals surface area contributed by atoms with E-state index in [2.05, 4.69) is 30.5 Å². The number of fused-ring (bicyclic) bond motifs is 1. The lowest BCUT2D eigenvalue weighted by Crippen LogP contribution is -2.26. The first-order valence-electron chi connectivity index (χ1n) is 11.0. The van der Waals surface area contributed by atoms with Gasteiger partial charge in [-0.25, -0.2) is 9.97 Å². The van der Waals surface area contributed by atoms with Gasteiger partial charge in [-0.1, -0.05) is 6.07 Å². The topological polar surface area (TPSA) is 131 Å². The molecule has 10 heteroatoms. The number of nitrogens with one attached hydrogen (secondary N) is 2. The number of imidazole rings is 1. The second-order valence-electron chi connectivity index (χ2n) is 7.97. The van der Waals surface area contributed by atoms with Crippen LogP contribution in [-0.2, 0) is 13.5 Å². The largest absolute Gasteiger partial charge is 0.507 e. The van der Waals surface area contributed by atoms with Gasteiger partial charge in [-0.2, -0.15) is 0 Å². The molecule has 176 valence electrons. The van der Waals surface area contributed by atoms with E-state index in [1.807, 2.05) is 29.8 Å². The van der Waals surface area contributed by atoms with E-state index in [0.717, 1.165) is 22.5 Å². The first kappa shape index (κ1) is 22.1. The van der Waals surface area contributed by atoms with Crippen molar-refractivity contribution in [3.63, 3.8) is 0 Å². The average molecular weight is 470 g/mol. The Kier molecular flexibility index (Phi) is 5.84. The maximum atomic E-state index is 12.6. The highest BCUT2D eigenvalue weighted by molar-refractivity contribution is 5.97. The number of hydrogen-bond donors (Lipinski definition) is 3. The molecule has 3 aromatic heterocycles. The molecule has 10 nitrogen and oxygen atoms in total. The number of amides is 1. The molecule has 1 amide bonds.